The first-order valence-electron chi connectivity index (χ1n) is 5.68. The monoisotopic (exact) mass is 304 g/mol. The molecule has 0 saturated carbocycles. The van der Waals surface area contributed by atoms with Gasteiger partial charge in [-0.15, -0.1) is 0 Å². The van der Waals surface area contributed by atoms with E-state index in [-0.39, 0.29) is 5.82 Å². The summed E-state index contributed by atoms with van der Waals surface area (Å²) in [6, 6.07) is 2.82. The minimum atomic E-state index is -0.376. The molecule has 0 fully saturated rings. The van der Waals surface area contributed by atoms with E-state index in [1.165, 1.54) is 6.07 Å². The SMILES string of the molecule is CCN(CC)CCOc1cc(Br)c(F)cc1N. The molecule has 1 aromatic rings. The lowest BCUT2D eigenvalue weighted by molar-refractivity contribution is 0.223. The molecule has 0 bridgehead atoms. The van der Waals surface area contributed by atoms with Crippen LogP contribution in [0.2, 0.25) is 0 Å². The molecule has 0 spiro atoms. The highest BCUT2D eigenvalue weighted by Crippen LogP contribution is 2.28. The van der Waals surface area contributed by atoms with Crippen LogP contribution in [0.4, 0.5) is 10.1 Å². The zero-order valence-electron chi connectivity index (χ0n) is 10.2. The predicted octanol–water partition coefficient (Wildman–Crippen LogP) is 2.89. The predicted molar refractivity (Wildman–Crippen MR) is 71.8 cm³/mol. The summed E-state index contributed by atoms with van der Waals surface area (Å²) in [5, 5.41) is 0. The Hall–Kier alpha value is -0.810. The van der Waals surface area contributed by atoms with E-state index in [1.807, 2.05) is 0 Å². The van der Waals surface area contributed by atoms with E-state index in [1.54, 1.807) is 6.07 Å². The Labute approximate surface area is 110 Å². The molecule has 96 valence electrons. The molecule has 1 rings (SSSR count). The molecule has 1 aromatic carbocycles. The third-order valence-electron chi connectivity index (χ3n) is 2.61. The van der Waals surface area contributed by atoms with Crippen LogP contribution in [0.15, 0.2) is 16.6 Å². The van der Waals surface area contributed by atoms with Crippen LogP contribution >= 0.6 is 15.9 Å². The van der Waals surface area contributed by atoms with E-state index in [4.69, 9.17) is 10.5 Å². The van der Waals surface area contributed by atoms with Crippen molar-refractivity contribution in [2.75, 3.05) is 32.0 Å². The quantitative estimate of drug-likeness (QED) is 0.821. The zero-order chi connectivity index (χ0) is 12.8. The van der Waals surface area contributed by atoms with Crippen LogP contribution in [0.5, 0.6) is 5.75 Å². The van der Waals surface area contributed by atoms with Crippen molar-refractivity contribution in [1.82, 2.24) is 4.90 Å². The van der Waals surface area contributed by atoms with Crippen LogP contribution in [-0.4, -0.2) is 31.1 Å². The molecule has 0 saturated heterocycles. The number of nitrogens with two attached hydrogens (primary N) is 1. The van der Waals surface area contributed by atoms with Gasteiger partial charge in [0.1, 0.15) is 18.2 Å². The van der Waals surface area contributed by atoms with Crippen molar-refractivity contribution in [3.8, 4) is 5.75 Å². The summed E-state index contributed by atoms with van der Waals surface area (Å²) in [6.45, 7) is 7.56. The van der Waals surface area contributed by atoms with Gasteiger partial charge in [-0.1, -0.05) is 13.8 Å². The fraction of sp³-hybridized carbons (Fsp3) is 0.500. The Kier molecular flexibility index (Phi) is 5.71. The Bertz CT molecular complexity index is 370. The molecule has 0 aliphatic rings. The smallest absolute Gasteiger partial charge is 0.143 e. The van der Waals surface area contributed by atoms with Crippen LogP contribution in [0, 0.1) is 5.82 Å². The number of hydrogen-bond acceptors (Lipinski definition) is 3. The van der Waals surface area contributed by atoms with Crippen LogP contribution in [0.3, 0.4) is 0 Å². The second-order valence-electron chi connectivity index (χ2n) is 3.68. The van der Waals surface area contributed by atoms with Gasteiger partial charge in [0.2, 0.25) is 0 Å². The normalized spacial score (nSPS) is 10.9. The van der Waals surface area contributed by atoms with Crippen molar-refractivity contribution in [1.29, 1.82) is 0 Å². The highest BCUT2D eigenvalue weighted by Gasteiger charge is 2.07. The molecule has 0 amide bonds. The summed E-state index contributed by atoms with van der Waals surface area (Å²) in [6.07, 6.45) is 0. The molecular weight excluding hydrogens is 287 g/mol. The van der Waals surface area contributed by atoms with Crippen molar-refractivity contribution in [3.63, 3.8) is 0 Å². The first-order chi connectivity index (χ1) is 8.08. The number of halogens is 2. The topological polar surface area (TPSA) is 38.5 Å². The van der Waals surface area contributed by atoms with E-state index in [0.717, 1.165) is 19.6 Å². The second kappa shape index (κ2) is 6.81. The number of hydrogen-bond donors (Lipinski definition) is 1. The minimum absolute atomic E-state index is 0.324. The van der Waals surface area contributed by atoms with Gasteiger partial charge in [-0.3, -0.25) is 0 Å². The molecule has 0 aliphatic heterocycles. The highest BCUT2D eigenvalue weighted by molar-refractivity contribution is 9.10. The molecule has 0 heterocycles. The molecule has 2 N–H and O–H groups in total. The second-order valence-corrected chi connectivity index (χ2v) is 4.53. The Morgan fingerprint density at radius 3 is 2.59 bits per heavy atom. The molecule has 0 aliphatic carbocycles. The molecule has 0 aromatic heterocycles. The lowest BCUT2D eigenvalue weighted by Crippen LogP contribution is -2.28. The van der Waals surface area contributed by atoms with Crippen molar-refractivity contribution in [2.45, 2.75) is 13.8 Å². The van der Waals surface area contributed by atoms with E-state index >= 15 is 0 Å². The van der Waals surface area contributed by atoms with Gasteiger partial charge < -0.3 is 15.4 Å². The van der Waals surface area contributed by atoms with Gasteiger partial charge in [0.25, 0.3) is 0 Å². The molecule has 0 unspecified atom stereocenters. The van der Waals surface area contributed by atoms with E-state index in [2.05, 4.69) is 34.7 Å². The average molecular weight is 305 g/mol. The summed E-state index contributed by atoms with van der Waals surface area (Å²) >= 11 is 3.11. The van der Waals surface area contributed by atoms with Gasteiger partial charge in [0.15, 0.2) is 0 Å². The van der Waals surface area contributed by atoms with Crippen molar-refractivity contribution in [2.24, 2.45) is 0 Å². The first-order valence-corrected chi connectivity index (χ1v) is 6.47. The number of ether oxygens (including phenoxy) is 1. The maximum Gasteiger partial charge on any atom is 0.143 e. The molecule has 3 nitrogen and oxygen atoms in total. The minimum Gasteiger partial charge on any atom is -0.490 e. The maximum atomic E-state index is 13.1. The van der Waals surface area contributed by atoms with Gasteiger partial charge in [-0.25, -0.2) is 4.39 Å². The zero-order valence-corrected chi connectivity index (χ0v) is 11.8. The third kappa shape index (κ3) is 4.16. The van der Waals surface area contributed by atoms with Crippen molar-refractivity contribution < 1.29 is 9.13 Å². The molecule has 5 heteroatoms. The van der Waals surface area contributed by atoms with Gasteiger partial charge in [0.05, 0.1) is 10.2 Å². The lowest BCUT2D eigenvalue weighted by Gasteiger charge is -2.18. The summed E-state index contributed by atoms with van der Waals surface area (Å²) < 4.78 is 19.0. The largest absolute Gasteiger partial charge is 0.490 e. The highest BCUT2D eigenvalue weighted by atomic mass is 79.9. The molecule has 17 heavy (non-hydrogen) atoms. The standard InChI is InChI=1S/C12H18BrFN2O/c1-3-16(4-2)5-6-17-12-7-9(13)10(14)8-11(12)15/h7-8H,3-6,15H2,1-2H3. The summed E-state index contributed by atoms with van der Waals surface area (Å²) in [4.78, 5) is 2.24. The number of nitrogen functional groups attached to an aromatic ring is 1. The fourth-order valence-electron chi connectivity index (χ4n) is 1.49. The Balaban J connectivity index is 2.55. The van der Waals surface area contributed by atoms with Crippen LogP contribution in [0.1, 0.15) is 13.8 Å². The van der Waals surface area contributed by atoms with Crippen molar-refractivity contribution >= 4 is 21.6 Å². The summed E-state index contributed by atoms with van der Waals surface area (Å²) in [5.74, 6) is 0.143. The van der Waals surface area contributed by atoms with Crippen LogP contribution in [-0.2, 0) is 0 Å². The first kappa shape index (κ1) is 14.3. The Morgan fingerprint density at radius 1 is 1.35 bits per heavy atom. The van der Waals surface area contributed by atoms with Gasteiger partial charge in [0, 0.05) is 12.6 Å². The Morgan fingerprint density at radius 2 is 2.00 bits per heavy atom. The lowest BCUT2D eigenvalue weighted by atomic mass is 10.3. The average Bonchev–Trinajstić information content (AvgIpc) is 2.31. The van der Waals surface area contributed by atoms with Crippen molar-refractivity contribution in [3.05, 3.63) is 22.4 Å². The third-order valence-corrected chi connectivity index (χ3v) is 3.22. The van der Waals surface area contributed by atoms with E-state index < -0.39 is 0 Å². The van der Waals surface area contributed by atoms with E-state index in [9.17, 15) is 4.39 Å². The molecule has 0 radical (unpaired) electrons. The van der Waals surface area contributed by atoms with Crippen LogP contribution < -0.4 is 10.5 Å². The number of likely N-dealkylation sites (N-methyl/N-ethyl adjacent to an activating group) is 1. The van der Waals surface area contributed by atoms with Crippen LogP contribution in [0.25, 0.3) is 0 Å². The number of rotatable bonds is 6. The van der Waals surface area contributed by atoms with Gasteiger partial charge >= 0.3 is 0 Å². The summed E-state index contributed by atoms with van der Waals surface area (Å²) in [7, 11) is 0. The van der Waals surface area contributed by atoms with Gasteiger partial charge in [-0.2, -0.15) is 0 Å². The van der Waals surface area contributed by atoms with E-state index in [0.29, 0.717) is 22.5 Å². The molecule has 0 atom stereocenters. The van der Waals surface area contributed by atoms with Gasteiger partial charge in [-0.05, 0) is 35.1 Å². The number of benzene rings is 1. The number of nitrogens with zero attached hydrogens (tertiary/aromatic N) is 1. The fourth-order valence-corrected chi connectivity index (χ4v) is 1.82. The number of anilines is 1. The molecular formula is C12H18BrFN2O. The summed E-state index contributed by atoms with van der Waals surface area (Å²) in [5.41, 5.74) is 6.00. The maximum absolute atomic E-state index is 13.1.